The number of hydrogen-bond acceptors (Lipinski definition) is 2. The van der Waals surface area contributed by atoms with E-state index in [-0.39, 0.29) is 18.6 Å². The Kier molecular flexibility index (Phi) is 3.85. The maximum absolute atomic E-state index is 12.1. The predicted octanol–water partition coefficient (Wildman–Crippen LogP) is 1.79. The number of aliphatic carboxylic acids is 1. The van der Waals surface area contributed by atoms with Crippen LogP contribution in [0.1, 0.15) is 12.5 Å². The third-order valence-electron chi connectivity index (χ3n) is 3.06. The van der Waals surface area contributed by atoms with Crippen LogP contribution < -0.4 is 10.2 Å². The predicted molar refractivity (Wildman–Crippen MR) is 72.3 cm³/mol. The molecule has 0 fully saturated rings. The fraction of sp³-hybridized carbons (Fsp3) is 0.286. The topological polar surface area (TPSA) is 69.6 Å². The zero-order valence-corrected chi connectivity index (χ0v) is 10.7. The number of rotatable bonds is 3. The fourth-order valence-electron chi connectivity index (χ4n) is 2.27. The van der Waals surface area contributed by atoms with Gasteiger partial charge in [0.25, 0.3) is 0 Å². The first-order chi connectivity index (χ1) is 9.09. The number of nitrogens with one attached hydrogen (secondary N) is 1. The van der Waals surface area contributed by atoms with Gasteiger partial charge in [0, 0.05) is 24.4 Å². The monoisotopic (exact) mass is 260 g/mol. The number of carboxylic acid groups (broad SMARTS) is 1. The molecule has 2 amide bonds. The van der Waals surface area contributed by atoms with Crippen LogP contribution in [0.3, 0.4) is 0 Å². The van der Waals surface area contributed by atoms with Crippen LogP contribution in [0.15, 0.2) is 36.4 Å². The Morgan fingerprint density at radius 2 is 2.21 bits per heavy atom. The van der Waals surface area contributed by atoms with E-state index < -0.39 is 5.97 Å². The van der Waals surface area contributed by atoms with Gasteiger partial charge in [-0.3, -0.25) is 4.90 Å². The highest BCUT2D eigenvalue weighted by Crippen LogP contribution is 2.31. The number of amides is 2. The zero-order chi connectivity index (χ0) is 13.8. The number of fused-ring (bicyclic) bond motifs is 1. The summed E-state index contributed by atoms with van der Waals surface area (Å²) in [7, 11) is 0. The van der Waals surface area contributed by atoms with E-state index in [0.717, 1.165) is 23.7 Å². The molecule has 0 aromatic heterocycles. The Bertz CT molecular complexity index is 525. The third-order valence-corrected chi connectivity index (χ3v) is 3.06. The highest BCUT2D eigenvalue weighted by Gasteiger charge is 2.30. The minimum Gasteiger partial charge on any atom is -0.478 e. The Labute approximate surface area is 111 Å². The van der Waals surface area contributed by atoms with Gasteiger partial charge in [0.15, 0.2) is 0 Å². The van der Waals surface area contributed by atoms with Crippen molar-refractivity contribution in [1.82, 2.24) is 5.32 Å². The molecule has 1 atom stereocenters. The molecule has 1 unspecified atom stereocenters. The molecule has 0 aliphatic carbocycles. The summed E-state index contributed by atoms with van der Waals surface area (Å²) in [4.78, 5) is 24.1. The lowest BCUT2D eigenvalue weighted by atomic mass is 10.1. The summed E-state index contributed by atoms with van der Waals surface area (Å²) in [5, 5.41) is 11.1. The van der Waals surface area contributed by atoms with Crippen LogP contribution in [-0.2, 0) is 11.2 Å². The number of carbonyl (C=O) groups is 2. The first-order valence-electron chi connectivity index (χ1n) is 6.14. The molecular weight excluding hydrogens is 244 g/mol. The standard InChI is InChI=1S/C14H16N2O3/c1-10-9-11-5-2-3-6-12(11)16(10)14(19)15-8-4-7-13(17)18/h2-7,10H,8-9H2,1H3,(H,15,19)(H,17,18)/b7-4+. The van der Waals surface area contributed by atoms with E-state index in [2.05, 4.69) is 5.32 Å². The molecule has 0 spiro atoms. The van der Waals surface area contributed by atoms with Gasteiger partial charge < -0.3 is 10.4 Å². The van der Waals surface area contributed by atoms with Gasteiger partial charge >= 0.3 is 12.0 Å². The Morgan fingerprint density at radius 3 is 2.95 bits per heavy atom. The van der Waals surface area contributed by atoms with E-state index in [1.807, 2.05) is 31.2 Å². The van der Waals surface area contributed by atoms with Crippen molar-refractivity contribution >= 4 is 17.7 Å². The number of carbonyl (C=O) groups excluding carboxylic acids is 1. The van der Waals surface area contributed by atoms with Gasteiger partial charge in [0.1, 0.15) is 0 Å². The summed E-state index contributed by atoms with van der Waals surface area (Å²) in [5.74, 6) is -1.02. The van der Waals surface area contributed by atoms with Crippen LogP contribution in [0.4, 0.5) is 10.5 Å². The lowest BCUT2D eigenvalue weighted by Gasteiger charge is -2.22. The van der Waals surface area contributed by atoms with E-state index in [4.69, 9.17) is 5.11 Å². The normalized spacial score (nSPS) is 17.5. The molecule has 0 saturated heterocycles. The lowest BCUT2D eigenvalue weighted by Crippen LogP contribution is -2.43. The number of nitrogens with zero attached hydrogens (tertiary/aromatic N) is 1. The summed E-state index contributed by atoms with van der Waals surface area (Å²) in [6, 6.07) is 7.72. The van der Waals surface area contributed by atoms with Crippen molar-refractivity contribution in [2.24, 2.45) is 0 Å². The molecule has 2 rings (SSSR count). The van der Waals surface area contributed by atoms with Gasteiger partial charge in [-0.25, -0.2) is 9.59 Å². The summed E-state index contributed by atoms with van der Waals surface area (Å²) in [6.07, 6.45) is 3.27. The van der Waals surface area contributed by atoms with E-state index in [9.17, 15) is 9.59 Å². The second-order valence-electron chi connectivity index (χ2n) is 4.48. The molecule has 5 heteroatoms. The lowest BCUT2D eigenvalue weighted by molar-refractivity contribution is -0.131. The first kappa shape index (κ1) is 13.1. The Morgan fingerprint density at radius 1 is 1.47 bits per heavy atom. The molecular formula is C14H16N2O3. The molecule has 1 aromatic rings. The number of benzene rings is 1. The highest BCUT2D eigenvalue weighted by molar-refractivity contribution is 5.95. The van der Waals surface area contributed by atoms with Crippen LogP contribution in [0, 0.1) is 0 Å². The molecule has 1 aliphatic rings. The van der Waals surface area contributed by atoms with E-state index in [1.165, 1.54) is 6.08 Å². The van der Waals surface area contributed by atoms with Gasteiger partial charge in [-0.2, -0.15) is 0 Å². The quantitative estimate of drug-likeness (QED) is 0.814. The van der Waals surface area contributed by atoms with Gasteiger partial charge in [0.05, 0.1) is 0 Å². The van der Waals surface area contributed by atoms with Crippen molar-refractivity contribution in [3.63, 3.8) is 0 Å². The largest absolute Gasteiger partial charge is 0.478 e. The second kappa shape index (κ2) is 5.56. The molecule has 0 saturated carbocycles. The SMILES string of the molecule is CC1Cc2ccccc2N1C(=O)NC/C=C/C(=O)O. The third kappa shape index (κ3) is 2.93. The maximum Gasteiger partial charge on any atom is 0.328 e. The van der Waals surface area contributed by atoms with Crippen molar-refractivity contribution in [3.05, 3.63) is 42.0 Å². The number of urea groups is 1. The fourth-order valence-corrected chi connectivity index (χ4v) is 2.27. The van der Waals surface area contributed by atoms with E-state index >= 15 is 0 Å². The Hall–Kier alpha value is -2.30. The smallest absolute Gasteiger partial charge is 0.328 e. The second-order valence-corrected chi connectivity index (χ2v) is 4.48. The molecule has 5 nitrogen and oxygen atoms in total. The average molecular weight is 260 g/mol. The summed E-state index contributed by atoms with van der Waals surface area (Å²) in [5.41, 5.74) is 2.08. The average Bonchev–Trinajstić information content (AvgIpc) is 2.70. The summed E-state index contributed by atoms with van der Waals surface area (Å²) in [6.45, 7) is 2.20. The van der Waals surface area contributed by atoms with Gasteiger partial charge in [-0.1, -0.05) is 24.3 Å². The summed E-state index contributed by atoms with van der Waals surface area (Å²) >= 11 is 0. The van der Waals surface area contributed by atoms with Crippen molar-refractivity contribution in [2.45, 2.75) is 19.4 Å². The molecule has 100 valence electrons. The Balaban J connectivity index is 2.02. The molecule has 19 heavy (non-hydrogen) atoms. The number of carboxylic acids is 1. The molecule has 2 N–H and O–H groups in total. The maximum atomic E-state index is 12.1. The van der Waals surface area contributed by atoms with Crippen LogP contribution >= 0.6 is 0 Å². The molecule has 1 heterocycles. The van der Waals surface area contributed by atoms with Crippen molar-refractivity contribution in [2.75, 3.05) is 11.4 Å². The molecule has 1 aromatic carbocycles. The van der Waals surface area contributed by atoms with Crippen LogP contribution in [0.25, 0.3) is 0 Å². The number of anilines is 1. The van der Waals surface area contributed by atoms with E-state index in [1.54, 1.807) is 4.90 Å². The van der Waals surface area contributed by atoms with Crippen LogP contribution in [0.5, 0.6) is 0 Å². The minimum atomic E-state index is -1.02. The van der Waals surface area contributed by atoms with Crippen molar-refractivity contribution < 1.29 is 14.7 Å². The molecule has 1 aliphatic heterocycles. The molecule has 0 radical (unpaired) electrons. The summed E-state index contributed by atoms with van der Waals surface area (Å²) < 4.78 is 0. The van der Waals surface area contributed by atoms with Gasteiger partial charge in [-0.15, -0.1) is 0 Å². The number of para-hydroxylation sites is 1. The first-order valence-corrected chi connectivity index (χ1v) is 6.14. The number of hydrogen-bond donors (Lipinski definition) is 2. The van der Waals surface area contributed by atoms with Crippen LogP contribution in [-0.4, -0.2) is 29.7 Å². The van der Waals surface area contributed by atoms with Gasteiger partial charge in [-0.05, 0) is 25.0 Å². The van der Waals surface area contributed by atoms with Crippen molar-refractivity contribution in [3.8, 4) is 0 Å². The minimum absolute atomic E-state index is 0.112. The van der Waals surface area contributed by atoms with Crippen LogP contribution in [0.2, 0.25) is 0 Å². The zero-order valence-electron chi connectivity index (χ0n) is 10.7. The van der Waals surface area contributed by atoms with Gasteiger partial charge in [0.2, 0.25) is 0 Å². The molecule has 0 bridgehead atoms. The van der Waals surface area contributed by atoms with E-state index in [0.29, 0.717) is 0 Å². The van der Waals surface area contributed by atoms with Crippen molar-refractivity contribution in [1.29, 1.82) is 0 Å². The highest BCUT2D eigenvalue weighted by atomic mass is 16.4.